The van der Waals surface area contributed by atoms with Gasteiger partial charge in [0.15, 0.2) is 5.82 Å². The highest BCUT2D eigenvalue weighted by molar-refractivity contribution is 5.91. The van der Waals surface area contributed by atoms with Gasteiger partial charge >= 0.3 is 0 Å². The Balaban J connectivity index is 1.38. The molecule has 1 aromatic heterocycles. The van der Waals surface area contributed by atoms with E-state index < -0.39 is 0 Å². The van der Waals surface area contributed by atoms with Crippen molar-refractivity contribution in [3.63, 3.8) is 0 Å². The highest BCUT2D eigenvalue weighted by atomic mass is 16.5. The minimum Gasteiger partial charge on any atom is -0.489 e. The predicted octanol–water partition coefficient (Wildman–Crippen LogP) is 4.65. The fourth-order valence-electron chi connectivity index (χ4n) is 2.67. The van der Waals surface area contributed by atoms with Crippen LogP contribution in [0.2, 0.25) is 0 Å². The first-order valence-corrected chi connectivity index (χ1v) is 8.65. The molecule has 5 heteroatoms. The molecule has 0 aliphatic rings. The minimum atomic E-state index is 0.551. The van der Waals surface area contributed by atoms with Crippen molar-refractivity contribution in [1.82, 2.24) is 10.2 Å². The maximum Gasteiger partial charge on any atom is 0.176 e. The lowest BCUT2D eigenvalue weighted by molar-refractivity contribution is 0.306. The molecule has 4 aromatic rings. The molecule has 0 aliphatic carbocycles. The zero-order valence-electron chi connectivity index (χ0n) is 14.6. The van der Waals surface area contributed by atoms with E-state index in [2.05, 4.69) is 20.7 Å². The minimum absolute atomic E-state index is 0.551. The standard InChI is InChI=1S/C22H18N4O/c1-2-6-18(7-3-1)16-27-20-12-10-17(11-13-20)14-23-25-22-21-9-5-4-8-19(21)15-24-26-22/h1-15H,16H2,(H,25,26). The number of benzene rings is 3. The largest absolute Gasteiger partial charge is 0.489 e. The summed E-state index contributed by atoms with van der Waals surface area (Å²) in [5, 5.41) is 14.4. The zero-order chi connectivity index (χ0) is 18.3. The summed E-state index contributed by atoms with van der Waals surface area (Å²) >= 11 is 0. The summed E-state index contributed by atoms with van der Waals surface area (Å²) in [7, 11) is 0. The smallest absolute Gasteiger partial charge is 0.176 e. The van der Waals surface area contributed by atoms with Crippen molar-refractivity contribution in [3.05, 3.63) is 96.2 Å². The molecule has 0 saturated carbocycles. The van der Waals surface area contributed by atoms with Gasteiger partial charge in [0, 0.05) is 10.8 Å². The summed E-state index contributed by atoms with van der Waals surface area (Å²) < 4.78 is 5.79. The maximum absolute atomic E-state index is 5.79. The highest BCUT2D eigenvalue weighted by Crippen LogP contribution is 2.19. The Bertz CT molecular complexity index is 1040. The van der Waals surface area contributed by atoms with E-state index in [9.17, 15) is 0 Å². The quantitative estimate of drug-likeness (QED) is 0.404. The van der Waals surface area contributed by atoms with Gasteiger partial charge in [-0.25, -0.2) is 0 Å². The number of fused-ring (bicyclic) bond motifs is 1. The molecule has 0 spiro atoms. The maximum atomic E-state index is 5.79. The van der Waals surface area contributed by atoms with E-state index in [0.717, 1.165) is 27.6 Å². The molecule has 3 aromatic carbocycles. The lowest BCUT2D eigenvalue weighted by Crippen LogP contribution is -1.97. The number of nitrogens with zero attached hydrogens (tertiary/aromatic N) is 3. The van der Waals surface area contributed by atoms with Crippen LogP contribution >= 0.6 is 0 Å². The van der Waals surface area contributed by atoms with Gasteiger partial charge in [0.2, 0.25) is 0 Å². The van der Waals surface area contributed by atoms with Crippen molar-refractivity contribution in [3.8, 4) is 5.75 Å². The van der Waals surface area contributed by atoms with Gasteiger partial charge in [-0.3, -0.25) is 5.43 Å². The molecular weight excluding hydrogens is 336 g/mol. The molecular formula is C22H18N4O. The first kappa shape index (κ1) is 16.7. The molecule has 0 aliphatic heterocycles. The predicted molar refractivity (Wildman–Crippen MR) is 108 cm³/mol. The lowest BCUT2D eigenvalue weighted by Gasteiger charge is -2.06. The van der Waals surface area contributed by atoms with Gasteiger partial charge in [-0.1, -0.05) is 54.6 Å². The van der Waals surface area contributed by atoms with Crippen LogP contribution in [-0.2, 0) is 6.61 Å². The van der Waals surface area contributed by atoms with E-state index in [4.69, 9.17) is 4.74 Å². The first-order chi connectivity index (χ1) is 13.4. The number of nitrogens with one attached hydrogen (secondary N) is 1. The Morgan fingerprint density at radius 2 is 1.67 bits per heavy atom. The van der Waals surface area contributed by atoms with Gasteiger partial charge in [0.25, 0.3) is 0 Å². The summed E-state index contributed by atoms with van der Waals surface area (Å²) in [6.45, 7) is 0.551. The zero-order valence-corrected chi connectivity index (χ0v) is 14.6. The molecule has 0 atom stereocenters. The van der Waals surface area contributed by atoms with Gasteiger partial charge in [-0.2, -0.15) is 10.2 Å². The van der Waals surface area contributed by atoms with E-state index >= 15 is 0 Å². The third-order valence-electron chi connectivity index (χ3n) is 4.08. The number of hydrogen-bond donors (Lipinski definition) is 1. The summed E-state index contributed by atoms with van der Waals surface area (Å²) in [4.78, 5) is 0. The van der Waals surface area contributed by atoms with Gasteiger partial charge < -0.3 is 4.74 Å². The Morgan fingerprint density at radius 3 is 2.52 bits per heavy atom. The number of rotatable bonds is 6. The van der Waals surface area contributed by atoms with Gasteiger partial charge in [0.1, 0.15) is 12.4 Å². The fraction of sp³-hybridized carbons (Fsp3) is 0.0455. The molecule has 0 bridgehead atoms. The summed E-state index contributed by atoms with van der Waals surface area (Å²) in [6, 6.07) is 25.8. The van der Waals surface area contributed by atoms with Crippen molar-refractivity contribution in [1.29, 1.82) is 0 Å². The van der Waals surface area contributed by atoms with Crippen molar-refractivity contribution < 1.29 is 4.74 Å². The van der Waals surface area contributed by atoms with Crippen molar-refractivity contribution >= 4 is 22.8 Å². The normalized spacial score (nSPS) is 11.0. The van der Waals surface area contributed by atoms with Crippen LogP contribution in [0.3, 0.4) is 0 Å². The molecule has 4 rings (SSSR count). The molecule has 0 fully saturated rings. The van der Waals surface area contributed by atoms with Crippen LogP contribution in [-0.4, -0.2) is 16.4 Å². The van der Waals surface area contributed by atoms with Crippen molar-refractivity contribution in [2.75, 3.05) is 5.43 Å². The average molecular weight is 354 g/mol. The summed E-state index contributed by atoms with van der Waals surface area (Å²) in [5.41, 5.74) is 5.07. The Hall–Kier alpha value is -3.73. The molecule has 27 heavy (non-hydrogen) atoms. The highest BCUT2D eigenvalue weighted by Gasteiger charge is 2.01. The van der Waals surface area contributed by atoms with Crippen LogP contribution in [0.25, 0.3) is 10.8 Å². The van der Waals surface area contributed by atoms with E-state index in [1.54, 1.807) is 12.4 Å². The molecule has 0 saturated heterocycles. The molecule has 0 radical (unpaired) electrons. The molecule has 0 unspecified atom stereocenters. The van der Waals surface area contributed by atoms with Crippen LogP contribution in [0.1, 0.15) is 11.1 Å². The summed E-state index contributed by atoms with van der Waals surface area (Å²) in [6.07, 6.45) is 3.48. The first-order valence-electron chi connectivity index (χ1n) is 8.65. The van der Waals surface area contributed by atoms with Gasteiger partial charge in [0.05, 0.1) is 12.4 Å². The van der Waals surface area contributed by atoms with Crippen LogP contribution in [0.15, 0.2) is 90.2 Å². The number of hydrazone groups is 1. The molecule has 1 N–H and O–H groups in total. The SMILES string of the molecule is C(=NNc1nncc2ccccc12)c1ccc(OCc2ccccc2)cc1. The second kappa shape index (κ2) is 8.10. The van der Waals surface area contributed by atoms with E-state index in [1.807, 2.05) is 78.9 Å². The van der Waals surface area contributed by atoms with Crippen LogP contribution < -0.4 is 10.2 Å². The number of aromatic nitrogens is 2. The fourth-order valence-corrected chi connectivity index (χ4v) is 2.67. The molecule has 5 nitrogen and oxygen atoms in total. The van der Waals surface area contributed by atoms with E-state index in [-0.39, 0.29) is 0 Å². The third kappa shape index (κ3) is 4.27. The lowest BCUT2D eigenvalue weighted by atomic mass is 10.2. The molecule has 0 amide bonds. The number of hydrogen-bond acceptors (Lipinski definition) is 5. The average Bonchev–Trinajstić information content (AvgIpc) is 2.74. The van der Waals surface area contributed by atoms with Crippen LogP contribution in [0.5, 0.6) is 5.75 Å². The summed E-state index contributed by atoms with van der Waals surface area (Å²) in [5.74, 6) is 1.45. The third-order valence-corrected chi connectivity index (χ3v) is 4.08. The van der Waals surface area contributed by atoms with E-state index in [0.29, 0.717) is 12.4 Å². The van der Waals surface area contributed by atoms with Crippen LogP contribution in [0, 0.1) is 0 Å². The van der Waals surface area contributed by atoms with Gasteiger partial charge in [-0.15, -0.1) is 5.10 Å². The molecule has 132 valence electrons. The number of anilines is 1. The Labute approximate surface area is 157 Å². The Morgan fingerprint density at radius 1 is 0.889 bits per heavy atom. The monoisotopic (exact) mass is 354 g/mol. The van der Waals surface area contributed by atoms with Crippen molar-refractivity contribution in [2.45, 2.75) is 6.61 Å². The Kier molecular flexibility index (Phi) is 5.02. The van der Waals surface area contributed by atoms with Crippen molar-refractivity contribution in [2.24, 2.45) is 5.10 Å². The van der Waals surface area contributed by atoms with E-state index in [1.165, 1.54) is 0 Å². The number of ether oxygens (including phenoxy) is 1. The second-order valence-electron chi connectivity index (χ2n) is 5.99. The molecule has 1 heterocycles. The van der Waals surface area contributed by atoms with Gasteiger partial charge in [-0.05, 0) is 35.4 Å². The van der Waals surface area contributed by atoms with Crippen LogP contribution in [0.4, 0.5) is 5.82 Å². The second-order valence-corrected chi connectivity index (χ2v) is 5.99. The topological polar surface area (TPSA) is 59.4 Å².